The molecule has 9 nitrogen and oxygen atoms in total. The first-order chi connectivity index (χ1) is 16.7. The van der Waals surface area contributed by atoms with Crippen LogP contribution in [0.4, 0.5) is 20.8 Å². The monoisotopic (exact) mass is 463 g/mol. The molecule has 176 valence electrons. The van der Waals surface area contributed by atoms with Crippen molar-refractivity contribution >= 4 is 17.7 Å². The molecule has 0 radical (unpaired) electrons. The van der Waals surface area contributed by atoms with Gasteiger partial charge < -0.3 is 20.7 Å². The largest absolute Gasteiger partial charge is 0.445 e. The van der Waals surface area contributed by atoms with Crippen molar-refractivity contribution in [2.45, 2.75) is 50.3 Å². The fourth-order valence-electron chi connectivity index (χ4n) is 4.51. The Labute approximate surface area is 196 Å². The van der Waals surface area contributed by atoms with Gasteiger partial charge in [0.15, 0.2) is 11.6 Å². The summed E-state index contributed by atoms with van der Waals surface area (Å²) in [6, 6.07) is 9.46. The first-order valence-corrected chi connectivity index (χ1v) is 11.5. The second-order valence-electron chi connectivity index (χ2n) is 8.60. The number of nitrogens with zero attached hydrogens (tertiary/aromatic N) is 4. The molecule has 1 aromatic carbocycles. The fourth-order valence-corrected chi connectivity index (χ4v) is 4.51. The molecule has 2 aliphatic rings. The van der Waals surface area contributed by atoms with Crippen molar-refractivity contribution in [2.24, 2.45) is 0 Å². The third-order valence-corrected chi connectivity index (χ3v) is 6.21. The lowest BCUT2D eigenvalue weighted by Gasteiger charge is -2.30. The summed E-state index contributed by atoms with van der Waals surface area (Å²) in [5, 5.41) is 9.38. The van der Waals surface area contributed by atoms with Crippen LogP contribution >= 0.6 is 0 Å². The number of hydrogen-bond acceptors (Lipinski definition) is 8. The Morgan fingerprint density at radius 1 is 1.15 bits per heavy atom. The smallest absolute Gasteiger partial charge is 0.407 e. The van der Waals surface area contributed by atoms with Gasteiger partial charge in [-0.2, -0.15) is 0 Å². The van der Waals surface area contributed by atoms with E-state index in [4.69, 9.17) is 4.74 Å². The zero-order chi connectivity index (χ0) is 23.3. The number of amides is 1. The fraction of sp³-hybridized carbons (Fsp3) is 0.375. The molecule has 3 aromatic rings. The highest BCUT2D eigenvalue weighted by Gasteiger charge is 2.29. The molecule has 1 saturated carbocycles. The Morgan fingerprint density at radius 3 is 2.88 bits per heavy atom. The quantitative estimate of drug-likeness (QED) is 0.508. The number of carbonyl (C=O) groups excluding carboxylic acids is 1. The van der Waals surface area contributed by atoms with Crippen LogP contribution in [-0.2, 0) is 11.3 Å². The lowest BCUT2D eigenvalue weighted by Crippen LogP contribution is -2.42. The van der Waals surface area contributed by atoms with Gasteiger partial charge in [-0.1, -0.05) is 30.3 Å². The Morgan fingerprint density at radius 2 is 2.00 bits per heavy atom. The van der Waals surface area contributed by atoms with Crippen molar-refractivity contribution in [3.8, 4) is 0 Å². The van der Waals surface area contributed by atoms with Gasteiger partial charge in [-0.05, 0) is 31.2 Å². The van der Waals surface area contributed by atoms with E-state index in [9.17, 15) is 9.18 Å². The van der Waals surface area contributed by atoms with E-state index in [0.717, 1.165) is 36.2 Å². The molecule has 2 aromatic heterocycles. The molecule has 3 atom stereocenters. The second-order valence-corrected chi connectivity index (χ2v) is 8.60. The third kappa shape index (κ3) is 5.05. The van der Waals surface area contributed by atoms with Gasteiger partial charge in [-0.25, -0.2) is 29.1 Å². The average molecular weight is 464 g/mol. The number of alkyl carbamates (subject to hydrolysis) is 1. The minimum Gasteiger partial charge on any atom is -0.445 e. The summed E-state index contributed by atoms with van der Waals surface area (Å²) < 4.78 is 19.9. The van der Waals surface area contributed by atoms with Crippen molar-refractivity contribution in [1.82, 2.24) is 25.3 Å². The molecule has 1 unspecified atom stereocenters. The van der Waals surface area contributed by atoms with Gasteiger partial charge in [0.25, 0.3) is 0 Å². The van der Waals surface area contributed by atoms with Crippen LogP contribution in [-0.4, -0.2) is 44.7 Å². The Bertz CT molecular complexity index is 1150. The molecule has 1 aliphatic carbocycles. The standard InChI is InChI=1S/C24H26FN7O2/c25-20-12-28-22(19-11-27-21-18(19)10-26-14-29-21)32-23(20)30-16-7-4-8-17(9-16)31-24(33)34-13-15-5-2-1-3-6-15/h1-3,5-6,10,12,14,16-17,19H,4,7-9,11,13H2,(H,31,33)(H,26,27,29)(H,28,30,32)/t16-,17+,19?/m1/s1. The van der Waals surface area contributed by atoms with E-state index in [0.29, 0.717) is 18.8 Å². The minimum absolute atomic E-state index is 0.0252. The van der Waals surface area contributed by atoms with Crippen molar-refractivity contribution in [3.05, 3.63) is 71.8 Å². The van der Waals surface area contributed by atoms with Gasteiger partial charge in [-0.3, -0.25) is 0 Å². The van der Waals surface area contributed by atoms with Gasteiger partial charge in [0.2, 0.25) is 0 Å². The summed E-state index contributed by atoms with van der Waals surface area (Å²) in [4.78, 5) is 29.3. The third-order valence-electron chi connectivity index (χ3n) is 6.21. The molecule has 0 bridgehead atoms. The molecule has 0 spiro atoms. The second kappa shape index (κ2) is 9.98. The zero-order valence-electron chi connectivity index (χ0n) is 18.6. The first-order valence-electron chi connectivity index (χ1n) is 11.5. The number of carbonyl (C=O) groups is 1. The van der Waals surface area contributed by atoms with Crippen molar-refractivity contribution in [1.29, 1.82) is 0 Å². The first kappa shape index (κ1) is 22.0. The maximum absolute atomic E-state index is 14.6. The lowest BCUT2D eigenvalue weighted by atomic mass is 9.91. The maximum Gasteiger partial charge on any atom is 0.407 e. The topological polar surface area (TPSA) is 114 Å². The average Bonchev–Trinajstić information content (AvgIpc) is 3.29. The normalized spacial score (nSPS) is 21.3. The summed E-state index contributed by atoms with van der Waals surface area (Å²) in [5.41, 5.74) is 1.83. The predicted molar refractivity (Wildman–Crippen MR) is 124 cm³/mol. The van der Waals surface area contributed by atoms with Gasteiger partial charge in [0.1, 0.15) is 24.6 Å². The van der Waals surface area contributed by atoms with Crippen LogP contribution in [0.1, 0.15) is 48.6 Å². The van der Waals surface area contributed by atoms with Crippen molar-refractivity contribution in [3.63, 3.8) is 0 Å². The number of fused-ring (bicyclic) bond motifs is 1. The molecule has 34 heavy (non-hydrogen) atoms. The highest BCUT2D eigenvalue weighted by Crippen LogP contribution is 2.33. The summed E-state index contributed by atoms with van der Waals surface area (Å²) in [7, 11) is 0. The van der Waals surface area contributed by atoms with E-state index < -0.39 is 11.9 Å². The lowest BCUT2D eigenvalue weighted by molar-refractivity contribution is 0.132. The Balaban J connectivity index is 1.19. The highest BCUT2D eigenvalue weighted by atomic mass is 19.1. The van der Waals surface area contributed by atoms with Gasteiger partial charge in [0.05, 0.1) is 12.1 Å². The van der Waals surface area contributed by atoms with Gasteiger partial charge in [-0.15, -0.1) is 0 Å². The minimum atomic E-state index is -0.503. The molecule has 3 heterocycles. The molecule has 10 heteroatoms. The van der Waals surface area contributed by atoms with Gasteiger partial charge >= 0.3 is 6.09 Å². The van der Waals surface area contributed by atoms with Crippen LogP contribution in [0.2, 0.25) is 0 Å². The molecule has 0 saturated heterocycles. The van der Waals surface area contributed by atoms with Crippen molar-refractivity contribution in [2.75, 3.05) is 17.2 Å². The number of ether oxygens (including phenoxy) is 1. The number of benzene rings is 1. The number of nitrogens with one attached hydrogen (secondary N) is 3. The van der Waals surface area contributed by atoms with E-state index in [1.165, 1.54) is 12.5 Å². The van der Waals surface area contributed by atoms with E-state index in [2.05, 4.69) is 35.9 Å². The molecular formula is C24H26FN7O2. The summed E-state index contributed by atoms with van der Waals surface area (Å²) in [6.07, 6.45) is 7.24. The van der Waals surface area contributed by atoms with E-state index in [-0.39, 0.29) is 30.4 Å². The molecular weight excluding hydrogens is 437 g/mol. The molecule has 1 aliphatic heterocycles. The molecule has 1 amide bonds. The molecule has 1 fully saturated rings. The van der Waals surface area contributed by atoms with Gasteiger partial charge in [0, 0.05) is 30.4 Å². The van der Waals surface area contributed by atoms with Crippen LogP contribution in [0.25, 0.3) is 0 Å². The number of rotatable bonds is 6. The molecule has 5 rings (SSSR count). The van der Waals surface area contributed by atoms with Crippen LogP contribution in [0, 0.1) is 5.82 Å². The van der Waals surface area contributed by atoms with E-state index in [1.807, 2.05) is 30.3 Å². The van der Waals surface area contributed by atoms with Crippen LogP contribution in [0.3, 0.4) is 0 Å². The summed E-state index contributed by atoms with van der Waals surface area (Å²) >= 11 is 0. The Kier molecular flexibility index (Phi) is 6.46. The SMILES string of the molecule is O=C(N[C@H]1CCC[C@@H](Nc2nc(C3CNc4ncncc43)ncc2F)C1)OCc1ccccc1. The van der Waals surface area contributed by atoms with Crippen LogP contribution in [0.15, 0.2) is 49.1 Å². The van der Waals surface area contributed by atoms with Crippen LogP contribution in [0.5, 0.6) is 0 Å². The summed E-state index contributed by atoms with van der Waals surface area (Å²) in [6.45, 7) is 0.805. The summed E-state index contributed by atoms with van der Waals surface area (Å²) in [5.74, 6) is 0.796. The predicted octanol–water partition coefficient (Wildman–Crippen LogP) is 3.61. The van der Waals surface area contributed by atoms with E-state index >= 15 is 0 Å². The number of halogens is 1. The number of hydrogen-bond donors (Lipinski definition) is 3. The Hall–Kier alpha value is -3.82. The van der Waals surface area contributed by atoms with Crippen LogP contribution < -0.4 is 16.0 Å². The number of anilines is 2. The highest BCUT2D eigenvalue weighted by molar-refractivity contribution is 5.67. The van der Waals surface area contributed by atoms with E-state index in [1.54, 1.807) is 6.20 Å². The molecule has 3 N–H and O–H groups in total. The van der Waals surface area contributed by atoms with Crippen molar-refractivity contribution < 1.29 is 13.9 Å². The zero-order valence-corrected chi connectivity index (χ0v) is 18.6. The number of aromatic nitrogens is 4. The maximum atomic E-state index is 14.6.